The zero-order valence-corrected chi connectivity index (χ0v) is 17.1. The van der Waals surface area contributed by atoms with Crippen molar-refractivity contribution in [3.8, 4) is 0 Å². The van der Waals surface area contributed by atoms with Crippen molar-refractivity contribution in [1.82, 2.24) is 19.8 Å². The van der Waals surface area contributed by atoms with Gasteiger partial charge in [0.2, 0.25) is 5.91 Å². The number of amides is 2. The van der Waals surface area contributed by atoms with Gasteiger partial charge in [0.1, 0.15) is 0 Å². The predicted molar refractivity (Wildman–Crippen MR) is 111 cm³/mol. The Morgan fingerprint density at radius 2 is 1.76 bits per heavy atom. The van der Waals surface area contributed by atoms with E-state index >= 15 is 0 Å². The molecule has 0 unspecified atom stereocenters. The highest BCUT2D eigenvalue weighted by Crippen LogP contribution is 2.23. The van der Waals surface area contributed by atoms with Crippen LogP contribution in [0, 0.1) is 5.92 Å². The average molecular weight is 395 g/mol. The fourth-order valence-electron chi connectivity index (χ4n) is 4.01. The lowest BCUT2D eigenvalue weighted by atomic mass is 9.89. The molecule has 6 heteroatoms. The van der Waals surface area contributed by atoms with Crippen molar-refractivity contribution in [2.24, 2.45) is 13.0 Å². The molecule has 0 radical (unpaired) electrons. The molecule has 2 amide bonds. The van der Waals surface area contributed by atoms with Gasteiger partial charge in [-0.05, 0) is 55.6 Å². The van der Waals surface area contributed by atoms with E-state index in [1.807, 2.05) is 18.1 Å². The summed E-state index contributed by atoms with van der Waals surface area (Å²) in [6.45, 7) is 1.59. The number of hydrogen-bond acceptors (Lipinski definition) is 3. The highest BCUT2D eigenvalue weighted by atomic mass is 16.2. The molecule has 1 saturated heterocycles. The summed E-state index contributed by atoms with van der Waals surface area (Å²) in [5.74, 6) is 1.33. The standard InChI is InChI=1S/C23H30N4O2/c1-26-15-12-24-22(26)23(29)27-13-10-19(11-14-27)16-18-4-2-17(3-5-18)6-9-21(28)25-20-7-8-20/h2-5,12,15,19-20H,6-11,13-14,16H2,1H3,(H,25,28). The molecule has 6 nitrogen and oxygen atoms in total. The summed E-state index contributed by atoms with van der Waals surface area (Å²) < 4.78 is 1.78. The quantitative estimate of drug-likeness (QED) is 0.785. The van der Waals surface area contributed by atoms with Gasteiger partial charge in [-0.2, -0.15) is 0 Å². The molecule has 1 aliphatic carbocycles. The van der Waals surface area contributed by atoms with E-state index in [9.17, 15) is 9.59 Å². The smallest absolute Gasteiger partial charge is 0.289 e. The Bertz CT molecular complexity index is 846. The molecule has 0 bridgehead atoms. The van der Waals surface area contributed by atoms with Gasteiger partial charge in [0.15, 0.2) is 5.82 Å². The van der Waals surface area contributed by atoms with Crippen LogP contribution < -0.4 is 5.32 Å². The average Bonchev–Trinajstić information content (AvgIpc) is 3.44. The summed E-state index contributed by atoms with van der Waals surface area (Å²) in [7, 11) is 1.86. The Morgan fingerprint density at radius 3 is 2.38 bits per heavy atom. The Balaban J connectivity index is 1.21. The number of aromatic nitrogens is 2. The maximum atomic E-state index is 12.6. The van der Waals surface area contributed by atoms with Crippen LogP contribution in [0.5, 0.6) is 0 Å². The van der Waals surface area contributed by atoms with E-state index in [1.54, 1.807) is 10.8 Å². The lowest BCUT2D eigenvalue weighted by molar-refractivity contribution is -0.121. The first kappa shape index (κ1) is 19.7. The highest BCUT2D eigenvalue weighted by Gasteiger charge is 2.26. The van der Waals surface area contributed by atoms with Crippen molar-refractivity contribution in [1.29, 1.82) is 0 Å². The number of aryl methyl sites for hydroxylation is 2. The molecule has 154 valence electrons. The molecule has 1 aromatic carbocycles. The lowest BCUT2D eigenvalue weighted by Crippen LogP contribution is -2.39. The van der Waals surface area contributed by atoms with Crippen LogP contribution in [-0.2, 0) is 24.7 Å². The first-order valence-electron chi connectivity index (χ1n) is 10.7. The second kappa shape index (κ2) is 8.80. The maximum absolute atomic E-state index is 12.6. The minimum Gasteiger partial charge on any atom is -0.353 e. The van der Waals surface area contributed by atoms with E-state index < -0.39 is 0 Å². The number of rotatable bonds is 7. The van der Waals surface area contributed by atoms with Crippen LogP contribution in [0.1, 0.15) is 53.8 Å². The van der Waals surface area contributed by atoms with Crippen molar-refractivity contribution in [3.05, 3.63) is 53.6 Å². The van der Waals surface area contributed by atoms with Crippen LogP contribution in [0.4, 0.5) is 0 Å². The maximum Gasteiger partial charge on any atom is 0.289 e. The summed E-state index contributed by atoms with van der Waals surface area (Å²) in [5.41, 5.74) is 2.56. The van der Waals surface area contributed by atoms with Crippen LogP contribution >= 0.6 is 0 Å². The minimum absolute atomic E-state index is 0.0334. The molecule has 0 atom stereocenters. The van der Waals surface area contributed by atoms with Crippen LogP contribution in [0.15, 0.2) is 36.7 Å². The Hall–Kier alpha value is -2.63. The second-order valence-corrected chi connectivity index (χ2v) is 8.46. The van der Waals surface area contributed by atoms with Gasteiger partial charge in [0.25, 0.3) is 5.91 Å². The molecule has 1 saturated carbocycles. The number of carbonyl (C=O) groups excluding carboxylic acids is 2. The van der Waals surface area contributed by atoms with E-state index in [0.717, 1.165) is 51.6 Å². The number of carbonyl (C=O) groups is 2. The molecule has 1 aromatic heterocycles. The summed E-state index contributed by atoms with van der Waals surface area (Å²) in [5, 5.41) is 3.04. The van der Waals surface area contributed by atoms with Gasteiger partial charge in [-0.1, -0.05) is 24.3 Å². The number of benzene rings is 1. The normalized spacial score (nSPS) is 17.3. The van der Waals surface area contributed by atoms with Crippen LogP contribution in [0.3, 0.4) is 0 Å². The topological polar surface area (TPSA) is 67.2 Å². The zero-order chi connectivity index (χ0) is 20.2. The molecule has 2 aromatic rings. The van der Waals surface area contributed by atoms with Crippen molar-refractivity contribution >= 4 is 11.8 Å². The third kappa shape index (κ3) is 5.25. The molecule has 4 rings (SSSR count). The van der Waals surface area contributed by atoms with E-state index in [-0.39, 0.29) is 11.8 Å². The third-order valence-electron chi connectivity index (χ3n) is 6.04. The number of imidazole rings is 1. The molecule has 29 heavy (non-hydrogen) atoms. The Labute approximate surface area is 172 Å². The van der Waals surface area contributed by atoms with Crippen LogP contribution in [0.2, 0.25) is 0 Å². The number of likely N-dealkylation sites (tertiary alicyclic amines) is 1. The first-order valence-corrected chi connectivity index (χ1v) is 10.7. The molecular formula is C23H30N4O2. The fourth-order valence-corrected chi connectivity index (χ4v) is 4.01. The zero-order valence-electron chi connectivity index (χ0n) is 17.1. The van der Waals surface area contributed by atoms with E-state index in [4.69, 9.17) is 0 Å². The van der Waals surface area contributed by atoms with Crippen LogP contribution in [-0.4, -0.2) is 45.4 Å². The summed E-state index contributed by atoms with van der Waals surface area (Å²) in [4.78, 5) is 30.5. The highest BCUT2D eigenvalue weighted by molar-refractivity contribution is 5.90. The van der Waals surface area contributed by atoms with Crippen molar-refractivity contribution < 1.29 is 9.59 Å². The van der Waals surface area contributed by atoms with Crippen LogP contribution in [0.25, 0.3) is 0 Å². The van der Waals surface area contributed by atoms with Crippen molar-refractivity contribution in [3.63, 3.8) is 0 Å². The van der Waals surface area contributed by atoms with Gasteiger partial charge < -0.3 is 14.8 Å². The monoisotopic (exact) mass is 394 g/mol. The third-order valence-corrected chi connectivity index (χ3v) is 6.04. The van der Waals surface area contributed by atoms with E-state index in [0.29, 0.717) is 24.2 Å². The van der Waals surface area contributed by atoms with Gasteiger partial charge in [0.05, 0.1) is 0 Å². The minimum atomic E-state index is 0.0334. The van der Waals surface area contributed by atoms with Crippen molar-refractivity contribution in [2.45, 2.75) is 51.0 Å². The van der Waals surface area contributed by atoms with E-state index in [1.165, 1.54) is 11.1 Å². The molecule has 2 fully saturated rings. The lowest BCUT2D eigenvalue weighted by Gasteiger charge is -2.31. The molecule has 0 spiro atoms. The number of piperidine rings is 1. The molecule has 1 N–H and O–H groups in total. The molecular weight excluding hydrogens is 364 g/mol. The predicted octanol–water partition coefficient (Wildman–Crippen LogP) is 2.73. The van der Waals surface area contributed by atoms with Gasteiger partial charge in [-0.25, -0.2) is 4.98 Å². The Morgan fingerprint density at radius 1 is 1.07 bits per heavy atom. The SMILES string of the molecule is Cn1ccnc1C(=O)N1CCC(Cc2ccc(CCC(=O)NC3CC3)cc2)CC1. The molecule has 1 aliphatic heterocycles. The van der Waals surface area contributed by atoms with Gasteiger partial charge in [-0.3, -0.25) is 9.59 Å². The largest absolute Gasteiger partial charge is 0.353 e. The van der Waals surface area contributed by atoms with Gasteiger partial charge in [0, 0.05) is 45.0 Å². The molecule has 2 aliphatic rings. The van der Waals surface area contributed by atoms with E-state index in [2.05, 4.69) is 34.6 Å². The number of nitrogens with one attached hydrogen (secondary N) is 1. The van der Waals surface area contributed by atoms with Gasteiger partial charge in [-0.15, -0.1) is 0 Å². The fraction of sp³-hybridized carbons (Fsp3) is 0.522. The Kier molecular flexibility index (Phi) is 5.97. The second-order valence-electron chi connectivity index (χ2n) is 8.46. The van der Waals surface area contributed by atoms with Crippen molar-refractivity contribution in [2.75, 3.05) is 13.1 Å². The summed E-state index contributed by atoms with van der Waals surface area (Å²) in [6, 6.07) is 9.13. The first-order chi connectivity index (χ1) is 14.1. The van der Waals surface area contributed by atoms with Gasteiger partial charge >= 0.3 is 0 Å². The number of nitrogens with zero attached hydrogens (tertiary/aromatic N) is 3. The summed E-state index contributed by atoms with van der Waals surface area (Å²) in [6.07, 6.45) is 10.2. The summed E-state index contributed by atoms with van der Waals surface area (Å²) >= 11 is 0. The molecule has 2 heterocycles. The number of hydrogen-bond donors (Lipinski definition) is 1.